The molecule has 7 N–H and O–H groups in total. The molecule has 8 nitrogen and oxygen atoms in total. The lowest BCUT2D eigenvalue weighted by Gasteiger charge is -2.22. The van der Waals surface area contributed by atoms with Crippen LogP contribution in [0.5, 0.6) is 0 Å². The van der Waals surface area contributed by atoms with Crippen LogP contribution < -0.4 is 27.2 Å². The summed E-state index contributed by atoms with van der Waals surface area (Å²) in [6.07, 6.45) is 3.39. The van der Waals surface area contributed by atoms with Gasteiger partial charge < -0.3 is 26.5 Å². The first kappa shape index (κ1) is 20.9. The van der Waals surface area contributed by atoms with E-state index in [1.807, 2.05) is 0 Å². The highest BCUT2D eigenvalue weighted by molar-refractivity contribution is 7.83. The first-order chi connectivity index (χ1) is 13.1. The molecule has 0 amide bonds. The predicted octanol–water partition coefficient (Wildman–Crippen LogP) is 1.17. The molecule has 0 atom stereocenters. The van der Waals surface area contributed by atoms with E-state index in [1.165, 1.54) is 23.6 Å². The van der Waals surface area contributed by atoms with Gasteiger partial charge in [-0.25, -0.2) is 0 Å². The number of hydrazine groups is 2. The molecular formula is C18H29N7OS. The molecule has 1 aromatic rings. The Kier molecular flexibility index (Phi) is 8.31. The van der Waals surface area contributed by atoms with E-state index in [-0.39, 0.29) is 5.84 Å². The van der Waals surface area contributed by atoms with Gasteiger partial charge in [0.25, 0.3) is 0 Å². The van der Waals surface area contributed by atoms with E-state index in [9.17, 15) is 0 Å². The van der Waals surface area contributed by atoms with Gasteiger partial charge >= 0.3 is 0 Å². The number of amidine groups is 1. The van der Waals surface area contributed by atoms with Crippen LogP contribution in [0.2, 0.25) is 0 Å². The van der Waals surface area contributed by atoms with Crippen LogP contribution in [0.4, 0.5) is 5.69 Å². The van der Waals surface area contributed by atoms with E-state index in [0.29, 0.717) is 18.8 Å². The number of aliphatic imine (C=N–C) groups is 1. The van der Waals surface area contributed by atoms with Gasteiger partial charge in [0, 0.05) is 32.4 Å². The number of nitrogens with zero attached hydrogens (tertiary/aromatic N) is 3. The molecule has 0 radical (unpaired) electrons. The van der Waals surface area contributed by atoms with Crippen LogP contribution in [0.25, 0.3) is 5.70 Å². The lowest BCUT2D eigenvalue weighted by molar-refractivity contribution is 0.238. The summed E-state index contributed by atoms with van der Waals surface area (Å²) in [6.45, 7) is 3.15. The molecule has 1 heterocycles. The van der Waals surface area contributed by atoms with Crippen molar-refractivity contribution in [1.82, 2.24) is 15.9 Å². The second-order valence-corrected chi connectivity index (χ2v) is 6.43. The molecule has 0 spiro atoms. The highest BCUT2D eigenvalue weighted by Gasteiger charge is 2.12. The summed E-state index contributed by atoms with van der Waals surface area (Å²) in [5, 5.41) is 15.2. The predicted molar refractivity (Wildman–Crippen MR) is 115 cm³/mol. The third-order valence-corrected chi connectivity index (χ3v) is 4.61. The number of anilines is 1. The largest absolute Gasteiger partial charge is 0.513 e. The second kappa shape index (κ2) is 10.7. The topological polar surface area (TPSA) is 115 Å². The molecule has 1 aliphatic heterocycles. The molecule has 1 fully saturated rings. The van der Waals surface area contributed by atoms with Crippen LogP contribution in [0.3, 0.4) is 0 Å². The molecular weight excluding hydrogens is 362 g/mol. The number of nitrogens with two attached hydrogens (primary N) is 2. The average molecular weight is 392 g/mol. The fourth-order valence-corrected chi connectivity index (χ4v) is 3.05. The van der Waals surface area contributed by atoms with Crippen LogP contribution >= 0.6 is 12.6 Å². The van der Waals surface area contributed by atoms with Gasteiger partial charge in [-0.3, -0.25) is 10.8 Å². The number of hydrogen-bond acceptors (Lipinski definition) is 8. The summed E-state index contributed by atoms with van der Waals surface area (Å²) in [7, 11) is 1.55. The second-order valence-electron chi connectivity index (χ2n) is 6.17. The number of thiol groups is 1. The van der Waals surface area contributed by atoms with Gasteiger partial charge in [-0.15, -0.1) is 12.6 Å². The van der Waals surface area contributed by atoms with Crippen molar-refractivity contribution in [2.45, 2.75) is 12.8 Å². The first-order valence-electron chi connectivity index (χ1n) is 8.88. The Hall–Kier alpha value is -2.36. The normalized spacial score (nSPS) is 16.1. The standard InChI is InChI=1S/C18H29N7OS/c1-21-18(19)16(12-26)22-8-11-25(20)23-17(13-27)14-4-6-15(7-5-14)24-9-2-3-10-24/h4-7,12-13,22-23,26-27H,2-3,8-11,20H2,1H3,(H2,19,21)/b16-12?,17-13-. The van der Waals surface area contributed by atoms with E-state index in [2.05, 4.69) is 57.5 Å². The Labute approximate surface area is 166 Å². The van der Waals surface area contributed by atoms with Crippen molar-refractivity contribution in [3.05, 3.63) is 47.2 Å². The van der Waals surface area contributed by atoms with E-state index in [1.54, 1.807) is 12.5 Å². The molecule has 1 aromatic carbocycles. The van der Waals surface area contributed by atoms with Crippen molar-refractivity contribution in [2.24, 2.45) is 16.6 Å². The summed E-state index contributed by atoms with van der Waals surface area (Å²) >= 11 is 4.29. The highest BCUT2D eigenvalue weighted by Crippen LogP contribution is 2.22. The third-order valence-electron chi connectivity index (χ3n) is 4.36. The van der Waals surface area contributed by atoms with Crippen molar-refractivity contribution in [3.8, 4) is 0 Å². The van der Waals surface area contributed by atoms with Gasteiger partial charge in [-0.05, 0) is 35.9 Å². The van der Waals surface area contributed by atoms with Crippen molar-refractivity contribution >= 4 is 29.8 Å². The number of hydrogen-bond donors (Lipinski definition) is 6. The van der Waals surface area contributed by atoms with E-state index >= 15 is 0 Å². The van der Waals surface area contributed by atoms with Gasteiger partial charge in [0.05, 0.1) is 12.2 Å². The molecule has 0 bridgehead atoms. The summed E-state index contributed by atoms with van der Waals surface area (Å²) in [5.74, 6) is 6.23. The molecule has 27 heavy (non-hydrogen) atoms. The zero-order valence-corrected chi connectivity index (χ0v) is 16.5. The molecule has 0 unspecified atom stereocenters. The number of aliphatic hydroxyl groups is 1. The van der Waals surface area contributed by atoms with Gasteiger partial charge in [-0.2, -0.15) is 5.12 Å². The zero-order chi connectivity index (χ0) is 19.6. The molecule has 0 saturated carbocycles. The number of rotatable bonds is 9. The Morgan fingerprint density at radius 3 is 2.56 bits per heavy atom. The monoisotopic (exact) mass is 391 g/mol. The highest BCUT2D eigenvalue weighted by atomic mass is 32.1. The molecule has 0 aromatic heterocycles. The average Bonchev–Trinajstić information content (AvgIpc) is 3.24. The summed E-state index contributed by atoms with van der Waals surface area (Å²) < 4.78 is 0. The number of benzene rings is 1. The van der Waals surface area contributed by atoms with Gasteiger partial charge in [0.15, 0.2) is 0 Å². The maximum absolute atomic E-state index is 9.16. The summed E-state index contributed by atoms with van der Waals surface area (Å²) in [5.41, 5.74) is 12.1. The van der Waals surface area contributed by atoms with Crippen LogP contribution in [-0.4, -0.2) is 49.3 Å². The van der Waals surface area contributed by atoms with Gasteiger partial charge in [0.2, 0.25) is 0 Å². The SMILES string of the molecule is CN=C(N)C(=CO)NCCN(N)N/C(=C\S)c1ccc(N2CCCC2)cc1. The van der Waals surface area contributed by atoms with Gasteiger partial charge in [0.1, 0.15) is 17.8 Å². The maximum atomic E-state index is 9.16. The van der Waals surface area contributed by atoms with E-state index in [4.69, 9.17) is 16.7 Å². The summed E-state index contributed by atoms with van der Waals surface area (Å²) in [4.78, 5) is 6.20. The van der Waals surface area contributed by atoms with Crippen molar-refractivity contribution in [3.63, 3.8) is 0 Å². The molecule has 1 saturated heterocycles. The smallest absolute Gasteiger partial charge is 0.145 e. The Morgan fingerprint density at radius 1 is 1.33 bits per heavy atom. The van der Waals surface area contributed by atoms with Crippen LogP contribution in [-0.2, 0) is 0 Å². The molecule has 1 aliphatic rings. The van der Waals surface area contributed by atoms with Crippen molar-refractivity contribution < 1.29 is 5.11 Å². The van der Waals surface area contributed by atoms with Gasteiger partial charge in [-0.1, -0.05) is 12.1 Å². The van der Waals surface area contributed by atoms with Crippen LogP contribution in [0.1, 0.15) is 18.4 Å². The van der Waals surface area contributed by atoms with Crippen LogP contribution in [0, 0.1) is 0 Å². The van der Waals surface area contributed by atoms with Crippen LogP contribution in [0.15, 0.2) is 46.6 Å². The quantitative estimate of drug-likeness (QED) is 0.0935. The Balaban J connectivity index is 1.86. The lowest BCUT2D eigenvalue weighted by atomic mass is 10.1. The Bertz CT molecular complexity index is 681. The minimum atomic E-state index is 0.225. The molecule has 2 rings (SSSR count). The minimum Gasteiger partial charge on any atom is -0.513 e. The van der Waals surface area contributed by atoms with E-state index < -0.39 is 0 Å². The fraction of sp³-hybridized carbons (Fsp3) is 0.389. The molecule has 148 valence electrons. The van der Waals surface area contributed by atoms with Crippen molar-refractivity contribution in [1.29, 1.82) is 0 Å². The number of aliphatic hydroxyl groups excluding tert-OH is 1. The maximum Gasteiger partial charge on any atom is 0.145 e. The third kappa shape index (κ3) is 6.09. The minimum absolute atomic E-state index is 0.225. The molecule has 0 aliphatic carbocycles. The summed E-state index contributed by atoms with van der Waals surface area (Å²) in [6, 6.07) is 8.35. The first-order valence-corrected chi connectivity index (χ1v) is 9.40. The zero-order valence-electron chi connectivity index (χ0n) is 15.6. The van der Waals surface area contributed by atoms with Crippen molar-refractivity contribution in [2.75, 3.05) is 38.1 Å². The lowest BCUT2D eigenvalue weighted by Crippen LogP contribution is -2.46. The molecule has 9 heteroatoms. The fourth-order valence-electron chi connectivity index (χ4n) is 2.84. The number of nitrogens with one attached hydrogen (secondary N) is 2. The van der Waals surface area contributed by atoms with E-state index in [0.717, 1.165) is 30.6 Å². The Morgan fingerprint density at radius 2 is 2.00 bits per heavy atom.